The Balaban J connectivity index is 2.38. The first-order chi connectivity index (χ1) is 9.90. The zero-order valence-corrected chi connectivity index (χ0v) is 12.9. The second kappa shape index (κ2) is 5.98. The van der Waals surface area contributed by atoms with Crippen LogP contribution in [0.3, 0.4) is 0 Å². The summed E-state index contributed by atoms with van der Waals surface area (Å²) in [5.41, 5.74) is 0.0604. The quantitative estimate of drug-likeness (QED) is 0.614. The number of nitro groups is 1. The van der Waals surface area contributed by atoms with Gasteiger partial charge in [-0.2, -0.15) is 4.31 Å². The van der Waals surface area contributed by atoms with Crippen molar-refractivity contribution in [3.05, 3.63) is 28.3 Å². The molecule has 0 atom stereocenters. The fourth-order valence-electron chi connectivity index (χ4n) is 2.17. The van der Waals surface area contributed by atoms with Crippen LogP contribution in [0.15, 0.2) is 23.1 Å². The minimum absolute atomic E-state index is 0.0318. The van der Waals surface area contributed by atoms with Crippen LogP contribution in [0, 0.1) is 16.0 Å². The maximum absolute atomic E-state index is 12.6. The molecule has 0 radical (unpaired) electrons. The first-order valence-corrected chi connectivity index (χ1v) is 8.30. The van der Waals surface area contributed by atoms with Crippen molar-refractivity contribution in [1.29, 1.82) is 0 Å². The van der Waals surface area contributed by atoms with Gasteiger partial charge < -0.3 is 5.32 Å². The molecule has 0 heterocycles. The molecule has 2 rings (SSSR count). The molecule has 0 unspecified atom stereocenters. The van der Waals surface area contributed by atoms with Gasteiger partial charge in [0.1, 0.15) is 5.69 Å². The maximum Gasteiger partial charge on any atom is 0.293 e. The molecule has 0 saturated heterocycles. The van der Waals surface area contributed by atoms with E-state index in [1.165, 1.54) is 16.4 Å². The van der Waals surface area contributed by atoms with Crippen LogP contribution >= 0.6 is 0 Å². The fraction of sp³-hybridized carbons (Fsp3) is 0.538. The highest BCUT2D eigenvalue weighted by molar-refractivity contribution is 7.89. The predicted octanol–water partition coefficient (Wildman–Crippen LogP) is 2.06. The summed E-state index contributed by atoms with van der Waals surface area (Å²) in [6.45, 7) is 2.62. The van der Waals surface area contributed by atoms with E-state index in [4.69, 9.17) is 0 Å². The van der Waals surface area contributed by atoms with Crippen LogP contribution in [0.4, 0.5) is 11.4 Å². The third kappa shape index (κ3) is 3.33. The molecule has 21 heavy (non-hydrogen) atoms. The van der Waals surface area contributed by atoms with E-state index >= 15 is 0 Å². The summed E-state index contributed by atoms with van der Waals surface area (Å²) in [6.07, 6.45) is 2.09. The molecule has 1 N–H and O–H groups in total. The van der Waals surface area contributed by atoms with E-state index in [1.807, 2.05) is 0 Å². The van der Waals surface area contributed by atoms with Crippen molar-refractivity contribution in [3.63, 3.8) is 0 Å². The smallest absolute Gasteiger partial charge is 0.293 e. The molecule has 1 aliphatic carbocycles. The van der Waals surface area contributed by atoms with Gasteiger partial charge in [-0.05, 0) is 30.9 Å². The molecule has 0 aromatic heterocycles. The van der Waals surface area contributed by atoms with Crippen molar-refractivity contribution in [2.75, 3.05) is 25.5 Å². The number of anilines is 1. The maximum atomic E-state index is 12.6. The SMILES string of the molecule is CCN(CC1CC1)S(=O)(=O)c1ccc(NC)c([N+](=O)[O-])c1. The van der Waals surface area contributed by atoms with E-state index in [-0.39, 0.29) is 10.6 Å². The highest BCUT2D eigenvalue weighted by Crippen LogP contribution is 2.33. The number of hydrogen-bond acceptors (Lipinski definition) is 5. The fourth-order valence-corrected chi connectivity index (χ4v) is 3.71. The lowest BCUT2D eigenvalue weighted by atomic mass is 10.3. The van der Waals surface area contributed by atoms with Crippen molar-refractivity contribution < 1.29 is 13.3 Å². The minimum Gasteiger partial charge on any atom is -0.383 e. The van der Waals surface area contributed by atoms with Gasteiger partial charge in [-0.15, -0.1) is 0 Å². The molecule has 1 fully saturated rings. The Morgan fingerprint density at radius 1 is 1.43 bits per heavy atom. The number of nitro benzene ring substituents is 1. The van der Waals surface area contributed by atoms with Crippen LogP contribution in [0.1, 0.15) is 19.8 Å². The zero-order chi connectivity index (χ0) is 15.6. The Morgan fingerprint density at radius 3 is 2.57 bits per heavy atom. The third-order valence-electron chi connectivity index (χ3n) is 3.58. The van der Waals surface area contributed by atoms with Gasteiger partial charge in [0.05, 0.1) is 9.82 Å². The van der Waals surface area contributed by atoms with Gasteiger partial charge in [-0.1, -0.05) is 6.92 Å². The second-order valence-corrected chi connectivity index (χ2v) is 7.02. The van der Waals surface area contributed by atoms with Crippen molar-refractivity contribution in [2.24, 2.45) is 5.92 Å². The molecule has 8 heteroatoms. The van der Waals surface area contributed by atoms with E-state index in [9.17, 15) is 18.5 Å². The molecule has 1 aromatic rings. The van der Waals surface area contributed by atoms with Crippen LogP contribution in [-0.4, -0.2) is 37.8 Å². The number of nitrogens with zero attached hydrogens (tertiary/aromatic N) is 2. The standard InChI is InChI=1S/C13H19N3O4S/c1-3-15(9-10-4-5-10)21(19,20)11-6-7-12(14-2)13(8-11)16(17)18/h6-8,10,14H,3-5,9H2,1-2H3. The van der Waals surface area contributed by atoms with Crippen molar-refractivity contribution in [1.82, 2.24) is 4.31 Å². The Labute approximate surface area is 124 Å². The van der Waals surface area contributed by atoms with Crippen molar-refractivity contribution >= 4 is 21.4 Å². The highest BCUT2D eigenvalue weighted by Gasteiger charge is 2.31. The predicted molar refractivity (Wildman–Crippen MR) is 79.8 cm³/mol. The monoisotopic (exact) mass is 313 g/mol. The van der Waals surface area contributed by atoms with Crippen LogP contribution in [0.2, 0.25) is 0 Å². The largest absolute Gasteiger partial charge is 0.383 e. The summed E-state index contributed by atoms with van der Waals surface area (Å²) < 4.78 is 26.6. The lowest BCUT2D eigenvalue weighted by Crippen LogP contribution is -2.32. The molecule has 7 nitrogen and oxygen atoms in total. The topological polar surface area (TPSA) is 92.6 Å². The van der Waals surface area contributed by atoms with E-state index in [0.717, 1.165) is 18.9 Å². The number of sulfonamides is 1. The molecule has 116 valence electrons. The summed E-state index contributed by atoms with van der Waals surface area (Å²) in [4.78, 5) is 10.4. The average Bonchev–Trinajstić information content (AvgIpc) is 3.27. The summed E-state index contributed by atoms with van der Waals surface area (Å²) in [6, 6.07) is 3.95. The summed E-state index contributed by atoms with van der Waals surface area (Å²) in [5.74, 6) is 0.422. The average molecular weight is 313 g/mol. The summed E-state index contributed by atoms with van der Waals surface area (Å²) >= 11 is 0. The molecule has 0 bridgehead atoms. The van der Waals surface area contributed by atoms with E-state index in [2.05, 4.69) is 5.32 Å². The zero-order valence-electron chi connectivity index (χ0n) is 12.1. The highest BCUT2D eigenvalue weighted by atomic mass is 32.2. The number of rotatable bonds is 7. The number of hydrogen-bond donors (Lipinski definition) is 1. The Hall–Kier alpha value is -1.67. The number of nitrogens with one attached hydrogen (secondary N) is 1. The Kier molecular flexibility index (Phi) is 4.48. The second-order valence-electron chi connectivity index (χ2n) is 5.09. The van der Waals surface area contributed by atoms with Crippen LogP contribution < -0.4 is 5.32 Å². The molecule has 1 aliphatic rings. The Morgan fingerprint density at radius 2 is 2.10 bits per heavy atom. The molecule has 1 aromatic carbocycles. The van der Waals surface area contributed by atoms with Crippen molar-refractivity contribution in [3.8, 4) is 0 Å². The summed E-state index contributed by atoms with van der Waals surface area (Å²) in [7, 11) is -2.13. The molecular formula is C13H19N3O4S. The first kappa shape index (κ1) is 15.7. The van der Waals surface area contributed by atoms with Crippen LogP contribution in [0.25, 0.3) is 0 Å². The normalized spacial score (nSPS) is 15.2. The molecular weight excluding hydrogens is 294 g/mol. The van der Waals surface area contributed by atoms with Crippen molar-refractivity contribution in [2.45, 2.75) is 24.7 Å². The summed E-state index contributed by atoms with van der Waals surface area (Å²) in [5, 5.41) is 13.7. The Bertz CT molecular complexity index is 641. The van der Waals surface area contributed by atoms with Gasteiger partial charge in [-0.25, -0.2) is 8.42 Å². The molecule has 0 amide bonds. The first-order valence-electron chi connectivity index (χ1n) is 6.86. The molecule has 0 spiro atoms. The van der Waals surface area contributed by atoms with Crippen LogP contribution in [-0.2, 0) is 10.0 Å². The minimum atomic E-state index is -3.69. The number of benzene rings is 1. The van der Waals surface area contributed by atoms with Gasteiger partial charge in [0.15, 0.2) is 0 Å². The third-order valence-corrected chi connectivity index (χ3v) is 5.52. The molecule has 0 aliphatic heterocycles. The molecule has 1 saturated carbocycles. The van der Waals surface area contributed by atoms with Gasteiger partial charge in [0.2, 0.25) is 10.0 Å². The van der Waals surface area contributed by atoms with Gasteiger partial charge >= 0.3 is 0 Å². The van der Waals surface area contributed by atoms with Gasteiger partial charge in [0.25, 0.3) is 5.69 Å². The lowest BCUT2D eigenvalue weighted by Gasteiger charge is -2.20. The van der Waals surface area contributed by atoms with Crippen LogP contribution in [0.5, 0.6) is 0 Å². The van der Waals surface area contributed by atoms with E-state index in [1.54, 1.807) is 14.0 Å². The van der Waals surface area contributed by atoms with E-state index < -0.39 is 14.9 Å². The van der Waals surface area contributed by atoms with Gasteiger partial charge in [0, 0.05) is 26.2 Å². The van der Waals surface area contributed by atoms with E-state index in [0.29, 0.717) is 24.7 Å². The lowest BCUT2D eigenvalue weighted by molar-refractivity contribution is -0.384. The van der Waals surface area contributed by atoms with Gasteiger partial charge in [-0.3, -0.25) is 10.1 Å².